The lowest BCUT2D eigenvalue weighted by molar-refractivity contribution is 0.240. The third kappa shape index (κ3) is 2.80. The van der Waals surface area contributed by atoms with Crippen LogP contribution < -0.4 is 16.9 Å². The van der Waals surface area contributed by atoms with Gasteiger partial charge in [-0.25, -0.2) is 4.79 Å². The van der Waals surface area contributed by atoms with Crippen molar-refractivity contribution in [1.29, 1.82) is 0 Å². The Bertz CT molecular complexity index is 673. The van der Waals surface area contributed by atoms with Gasteiger partial charge in [0, 0.05) is 37.6 Å². The Kier molecular flexibility index (Phi) is 3.71. The van der Waals surface area contributed by atoms with Crippen molar-refractivity contribution in [3.8, 4) is 0 Å². The van der Waals surface area contributed by atoms with Crippen LogP contribution in [0.1, 0.15) is 19.3 Å². The topological polar surface area (TPSA) is 96.4 Å². The van der Waals surface area contributed by atoms with E-state index >= 15 is 0 Å². The molecule has 1 aromatic heterocycles. The third-order valence-electron chi connectivity index (χ3n) is 5.58. The van der Waals surface area contributed by atoms with Gasteiger partial charge in [-0.2, -0.15) is 4.98 Å². The highest BCUT2D eigenvalue weighted by Gasteiger charge is 2.53. The molecule has 124 valence electrons. The van der Waals surface area contributed by atoms with Crippen LogP contribution in [-0.4, -0.2) is 45.3 Å². The summed E-state index contributed by atoms with van der Waals surface area (Å²) in [6.45, 7) is 3.47. The number of rotatable bonds is 4. The summed E-state index contributed by atoms with van der Waals surface area (Å²) in [4.78, 5) is 18.3. The minimum atomic E-state index is -0.359. The van der Waals surface area contributed by atoms with Crippen molar-refractivity contribution in [3.05, 3.63) is 28.8 Å². The van der Waals surface area contributed by atoms with Gasteiger partial charge < -0.3 is 10.6 Å². The van der Waals surface area contributed by atoms with Gasteiger partial charge in [-0.05, 0) is 43.1 Å². The molecule has 23 heavy (non-hydrogen) atoms. The van der Waals surface area contributed by atoms with E-state index in [1.165, 1.54) is 0 Å². The van der Waals surface area contributed by atoms with Gasteiger partial charge in [0.05, 0.1) is 0 Å². The molecule has 0 bridgehead atoms. The van der Waals surface area contributed by atoms with Crippen molar-refractivity contribution >= 4 is 11.5 Å². The van der Waals surface area contributed by atoms with Gasteiger partial charge in [0.1, 0.15) is 0 Å². The quantitative estimate of drug-likeness (QED) is 0.703. The summed E-state index contributed by atoms with van der Waals surface area (Å²) >= 11 is 0. The third-order valence-corrected chi connectivity index (χ3v) is 5.58. The number of hydrogen-bond donors (Lipinski definition) is 3. The number of aromatic nitrogens is 2. The minimum absolute atomic E-state index is 0.173. The Morgan fingerprint density at radius 2 is 2.17 bits per heavy atom. The van der Waals surface area contributed by atoms with Crippen LogP contribution in [0.25, 0.3) is 5.70 Å². The van der Waals surface area contributed by atoms with E-state index < -0.39 is 0 Å². The molecular weight excluding hydrogens is 294 g/mol. The number of piperidine rings is 1. The van der Waals surface area contributed by atoms with Crippen molar-refractivity contribution in [2.75, 3.05) is 25.1 Å². The Hall–Kier alpha value is -1.70. The maximum absolute atomic E-state index is 12.0. The molecule has 0 spiro atoms. The van der Waals surface area contributed by atoms with Gasteiger partial charge in [-0.3, -0.25) is 15.3 Å². The lowest BCUT2D eigenvalue weighted by Crippen LogP contribution is -2.33. The molecule has 3 aliphatic rings. The zero-order valence-electron chi connectivity index (χ0n) is 13.1. The van der Waals surface area contributed by atoms with Gasteiger partial charge in [0.2, 0.25) is 0 Å². The van der Waals surface area contributed by atoms with E-state index in [-0.39, 0.29) is 11.5 Å². The molecule has 0 amide bonds. The largest absolute Gasteiger partial charge is 0.353 e. The fourth-order valence-electron chi connectivity index (χ4n) is 4.12. The zero-order valence-corrected chi connectivity index (χ0v) is 13.1. The molecule has 1 aliphatic heterocycles. The number of nitrogens with one attached hydrogen (secondary N) is 1. The van der Waals surface area contributed by atoms with Crippen LogP contribution in [0.5, 0.6) is 0 Å². The van der Waals surface area contributed by atoms with Gasteiger partial charge >= 0.3 is 5.69 Å². The standard InChI is InChI=1S/C16H23N5O2/c17-15-12-8-20(9-13(12)15)7-10-1-3-11(4-2-10)21-6-5-14(19-23)18-16(21)22/h3,5-6,10,12-13,15,23H,1-2,4,7-9,17H2,(H,18,19,22). The summed E-state index contributed by atoms with van der Waals surface area (Å²) in [5, 5.41) is 8.78. The maximum Gasteiger partial charge on any atom is 0.353 e. The molecule has 1 saturated carbocycles. The van der Waals surface area contributed by atoms with E-state index in [0.717, 1.165) is 56.4 Å². The average molecular weight is 317 g/mol. The molecule has 3 atom stereocenters. The van der Waals surface area contributed by atoms with E-state index in [9.17, 15) is 4.79 Å². The van der Waals surface area contributed by atoms with E-state index in [0.29, 0.717) is 12.0 Å². The maximum atomic E-state index is 12.0. The van der Waals surface area contributed by atoms with E-state index in [1.807, 2.05) is 5.48 Å². The van der Waals surface area contributed by atoms with Crippen molar-refractivity contribution in [2.45, 2.75) is 25.3 Å². The van der Waals surface area contributed by atoms with E-state index in [2.05, 4.69) is 16.0 Å². The number of nitrogens with two attached hydrogens (primary N) is 1. The number of likely N-dealkylation sites (tertiary alicyclic amines) is 1. The SMILES string of the molecule is NC1C2CN(CC3CC=C(n4ccc(NO)nc4=O)CC3)CC12. The molecule has 1 aromatic rings. The molecule has 7 heteroatoms. The van der Waals surface area contributed by atoms with Gasteiger partial charge in [0.25, 0.3) is 0 Å². The number of hydrogen-bond acceptors (Lipinski definition) is 6. The first kappa shape index (κ1) is 14.9. The van der Waals surface area contributed by atoms with Crippen LogP contribution in [0.3, 0.4) is 0 Å². The Morgan fingerprint density at radius 1 is 1.39 bits per heavy atom. The van der Waals surface area contributed by atoms with Crippen LogP contribution in [0, 0.1) is 17.8 Å². The van der Waals surface area contributed by atoms with Crippen LogP contribution in [0.4, 0.5) is 5.82 Å². The second-order valence-electron chi connectivity index (χ2n) is 7.04. The first-order valence-corrected chi connectivity index (χ1v) is 8.33. The lowest BCUT2D eigenvalue weighted by atomic mass is 9.92. The first-order chi connectivity index (χ1) is 11.2. The van der Waals surface area contributed by atoms with Gasteiger partial charge in [-0.15, -0.1) is 0 Å². The lowest BCUT2D eigenvalue weighted by Gasteiger charge is -2.28. The predicted octanol–water partition coefficient (Wildman–Crippen LogP) is 0.574. The molecule has 4 rings (SSSR count). The highest BCUT2D eigenvalue weighted by Crippen LogP contribution is 2.44. The van der Waals surface area contributed by atoms with Gasteiger partial charge in [0.15, 0.2) is 5.82 Å². The average Bonchev–Trinajstić information content (AvgIpc) is 2.97. The normalized spacial score (nSPS) is 33.2. The Balaban J connectivity index is 1.36. The molecule has 1 saturated heterocycles. The smallest absolute Gasteiger partial charge is 0.327 e. The molecule has 2 aliphatic carbocycles. The highest BCUT2D eigenvalue weighted by molar-refractivity contribution is 5.47. The van der Waals surface area contributed by atoms with Crippen LogP contribution in [0.15, 0.2) is 23.1 Å². The van der Waals surface area contributed by atoms with Crippen molar-refractivity contribution in [1.82, 2.24) is 14.5 Å². The van der Waals surface area contributed by atoms with Crippen LogP contribution >= 0.6 is 0 Å². The summed E-state index contributed by atoms with van der Waals surface area (Å²) < 4.78 is 1.57. The molecule has 2 heterocycles. The minimum Gasteiger partial charge on any atom is -0.327 e. The van der Waals surface area contributed by atoms with Crippen LogP contribution in [0.2, 0.25) is 0 Å². The molecular formula is C16H23N5O2. The molecule has 2 fully saturated rings. The summed E-state index contributed by atoms with van der Waals surface area (Å²) in [5.74, 6) is 2.32. The fourth-order valence-corrected chi connectivity index (χ4v) is 4.12. The van der Waals surface area contributed by atoms with Crippen LogP contribution in [-0.2, 0) is 0 Å². The number of fused-ring (bicyclic) bond motifs is 1. The van der Waals surface area contributed by atoms with E-state index in [1.54, 1.807) is 16.8 Å². The van der Waals surface area contributed by atoms with Crippen molar-refractivity contribution in [3.63, 3.8) is 0 Å². The highest BCUT2D eigenvalue weighted by atomic mass is 16.5. The fraction of sp³-hybridized carbons (Fsp3) is 0.625. The predicted molar refractivity (Wildman–Crippen MR) is 86.9 cm³/mol. The Morgan fingerprint density at radius 3 is 2.78 bits per heavy atom. The molecule has 3 unspecified atom stereocenters. The monoisotopic (exact) mass is 317 g/mol. The molecule has 0 radical (unpaired) electrons. The molecule has 4 N–H and O–H groups in total. The molecule has 0 aromatic carbocycles. The first-order valence-electron chi connectivity index (χ1n) is 8.33. The summed E-state index contributed by atoms with van der Waals surface area (Å²) in [6.07, 6.45) is 6.80. The van der Waals surface area contributed by atoms with Crippen molar-refractivity contribution in [2.24, 2.45) is 23.5 Å². The second kappa shape index (κ2) is 5.74. The van der Waals surface area contributed by atoms with Gasteiger partial charge in [-0.1, -0.05) is 6.08 Å². The second-order valence-corrected chi connectivity index (χ2v) is 7.04. The van der Waals surface area contributed by atoms with E-state index in [4.69, 9.17) is 10.9 Å². The summed E-state index contributed by atoms with van der Waals surface area (Å²) in [5.41, 5.74) is 8.54. The number of allylic oxidation sites excluding steroid dienone is 2. The zero-order chi connectivity index (χ0) is 16.0. The van der Waals surface area contributed by atoms with Crippen molar-refractivity contribution < 1.29 is 5.21 Å². The molecule has 7 nitrogen and oxygen atoms in total. The Labute approximate surface area is 134 Å². The number of anilines is 1. The summed E-state index contributed by atoms with van der Waals surface area (Å²) in [7, 11) is 0. The summed E-state index contributed by atoms with van der Waals surface area (Å²) in [6, 6.07) is 2.05. The number of nitrogens with zero attached hydrogens (tertiary/aromatic N) is 3.